The van der Waals surface area contributed by atoms with Crippen molar-refractivity contribution in [3.05, 3.63) is 35.4 Å². The Balaban J connectivity index is 2.55. The Hall–Kier alpha value is -3.03. The summed E-state index contributed by atoms with van der Waals surface area (Å²) in [6.07, 6.45) is 1.67. The summed E-state index contributed by atoms with van der Waals surface area (Å²) in [6, 6.07) is 5.45. The minimum Gasteiger partial charge on any atom is -0.481 e. The molecule has 0 saturated carbocycles. The maximum absolute atomic E-state index is 12.2. The molecule has 0 spiro atoms. The topological polar surface area (TPSA) is 125 Å². The summed E-state index contributed by atoms with van der Waals surface area (Å²) in [5.74, 6) is -2.14. The van der Waals surface area contributed by atoms with E-state index >= 15 is 0 Å². The molecule has 26 heavy (non-hydrogen) atoms. The Labute approximate surface area is 151 Å². The number of rotatable bonds is 12. The van der Waals surface area contributed by atoms with Crippen molar-refractivity contribution in [2.75, 3.05) is 6.54 Å². The van der Waals surface area contributed by atoms with E-state index in [-0.39, 0.29) is 18.9 Å². The van der Waals surface area contributed by atoms with Gasteiger partial charge in [-0.05, 0) is 25.1 Å². The van der Waals surface area contributed by atoms with Crippen LogP contribution in [0.25, 0.3) is 0 Å². The van der Waals surface area contributed by atoms with Gasteiger partial charge < -0.3 is 20.7 Å². The number of nitrogens with zero attached hydrogens (tertiary/aromatic N) is 1. The summed E-state index contributed by atoms with van der Waals surface area (Å²) in [4.78, 5) is 49.4. The molecule has 1 unspecified atom stereocenters. The summed E-state index contributed by atoms with van der Waals surface area (Å²) in [5.41, 5.74) is 1.27. The molecule has 1 atom stereocenters. The van der Waals surface area contributed by atoms with Gasteiger partial charge in [0.15, 0.2) is 0 Å². The lowest BCUT2D eigenvalue weighted by Crippen LogP contribution is -2.47. The second kappa shape index (κ2) is 11.5. The number of benzene rings is 1. The number of carboxylic acids is 1. The Morgan fingerprint density at radius 2 is 1.88 bits per heavy atom. The third-order valence-corrected chi connectivity index (χ3v) is 3.58. The highest BCUT2D eigenvalue weighted by Crippen LogP contribution is 2.03. The van der Waals surface area contributed by atoms with E-state index in [4.69, 9.17) is 5.11 Å². The Kier molecular flexibility index (Phi) is 9.30. The van der Waals surface area contributed by atoms with E-state index in [0.29, 0.717) is 31.2 Å². The minimum absolute atomic E-state index is 0.162. The van der Waals surface area contributed by atoms with E-state index < -0.39 is 24.3 Å². The molecule has 8 nitrogen and oxygen atoms in total. The fourth-order valence-corrected chi connectivity index (χ4v) is 2.19. The highest BCUT2D eigenvalue weighted by atomic mass is 16.4. The van der Waals surface area contributed by atoms with Gasteiger partial charge in [-0.1, -0.05) is 24.3 Å². The number of hydrogen-bond donors (Lipinski definition) is 3. The number of carbonyl (C=O) groups excluding carboxylic acids is 3. The maximum atomic E-state index is 12.2. The molecule has 3 N–H and O–H groups in total. The zero-order chi connectivity index (χ0) is 19.4. The van der Waals surface area contributed by atoms with Crippen molar-refractivity contribution in [2.24, 2.45) is 4.99 Å². The van der Waals surface area contributed by atoms with Gasteiger partial charge in [0.25, 0.3) is 0 Å². The van der Waals surface area contributed by atoms with E-state index in [1.165, 1.54) is 0 Å². The fraction of sp³-hybridized carbons (Fsp3) is 0.389. The number of nitrogens with one attached hydrogen (secondary N) is 2. The van der Waals surface area contributed by atoms with Gasteiger partial charge in [-0.25, -0.2) is 0 Å². The van der Waals surface area contributed by atoms with Gasteiger partial charge in [-0.15, -0.1) is 0 Å². The molecule has 8 heteroatoms. The van der Waals surface area contributed by atoms with Crippen LogP contribution in [0.4, 0.5) is 0 Å². The van der Waals surface area contributed by atoms with Gasteiger partial charge in [-0.2, -0.15) is 0 Å². The first-order valence-corrected chi connectivity index (χ1v) is 8.21. The quantitative estimate of drug-likeness (QED) is 0.290. The predicted molar refractivity (Wildman–Crippen MR) is 96.1 cm³/mol. The van der Waals surface area contributed by atoms with Gasteiger partial charge in [0.1, 0.15) is 12.3 Å². The zero-order valence-electron chi connectivity index (χ0n) is 14.4. The molecule has 0 fully saturated rings. The first-order valence-electron chi connectivity index (χ1n) is 8.21. The van der Waals surface area contributed by atoms with E-state index in [9.17, 15) is 19.2 Å². The fourth-order valence-electron chi connectivity index (χ4n) is 2.19. The van der Waals surface area contributed by atoms with Crippen molar-refractivity contribution in [3.8, 4) is 0 Å². The second-order valence-electron chi connectivity index (χ2n) is 5.70. The molecule has 1 rings (SSSR count). The van der Waals surface area contributed by atoms with Gasteiger partial charge in [0.05, 0.1) is 6.42 Å². The van der Waals surface area contributed by atoms with Crippen LogP contribution in [0.1, 0.15) is 41.6 Å². The molecule has 0 aliphatic heterocycles. The van der Waals surface area contributed by atoms with Crippen LogP contribution in [0, 0.1) is 0 Å². The number of aldehydes is 1. The van der Waals surface area contributed by atoms with Gasteiger partial charge in [-0.3, -0.25) is 19.2 Å². The van der Waals surface area contributed by atoms with Crippen LogP contribution in [-0.4, -0.2) is 48.5 Å². The van der Waals surface area contributed by atoms with Crippen LogP contribution in [0.2, 0.25) is 0 Å². The molecular formula is C18H23N3O5. The summed E-state index contributed by atoms with van der Waals surface area (Å²) >= 11 is 0. The average Bonchev–Trinajstić information content (AvgIpc) is 2.62. The smallest absolute Gasteiger partial charge is 0.305 e. The molecule has 0 aliphatic rings. The van der Waals surface area contributed by atoms with Gasteiger partial charge >= 0.3 is 5.97 Å². The van der Waals surface area contributed by atoms with E-state index in [0.717, 1.165) is 5.56 Å². The Morgan fingerprint density at radius 3 is 2.46 bits per heavy atom. The Morgan fingerprint density at radius 1 is 1.19 bits per heavy atom. The lowest BCUT2D eigenvalue weighted by Gasteiger charge is -2.17. The molecule has 2 amide bonds. The van der Waals surface area contributed by atoms with Crippen LogP contribution < -0.4 is 10.6 Å². The summed E-state index contributed by atoms with van der Waals surface area (Å²) < 4.78 is 0. The number of aliphatic carboxylic acids is 1. The predicted octanol–water partition coefficient (Wildman–Crippen LogP) is 0.946. The molecule has 0 heterocycles. The molecule has 0 bridgehead atoms. The molecule has 140 valence electrons. The molecule has 0 radical (unpaired) electrons. The highest BCUT2D eigenvalue weighted by molar-refractivity contribution is 5.90. The van der Waals surface area contributed by atoms with Crippen molar-refractivity contribution in [3.63, 3.8) is 0 Å². The van der Waals surface area contributed by atoms with Gasteiger partial charge in [0, 0.05) is 25.1 Å². The first kappa shape index (κ1) is 21.0. The summed E-state index contributed by atoms with van der Waals surface area (Å²) in [7, 11) is 0. The molecular weight excluding hydrogens is 338 g/mol. The normalized spacial score (nSPS) is 11.2. The molecule has 1 aromatic rings. The molecule has 0 aliphatic carbocycles. The lowest BCUT2D eigenvalue weighted by molar-refractivity contribution is -0.140. The third-order valence-electron chi connectivity index (χ3n) is 3.58. The largest absolute Gasteiger partial charge is 0.481 e. The number of hydrogen-bond acceptors (Lipinski definition) is 5. The van der Waals surface area contributed by atoms with Crippen LogP contribution in [0.5, 0.6) is 0 Å². The Bertz CT molecular complexity index is 643. The van der Waals surface area contributed by atoms with Crippen molar-refractivity contribution in [1.29, 1.82) is 0 Å². The second-order valence-corrected chi connectivity index (χ2v) is 5.70. The molecule has 1 aromatic carbocycles. The maximum Gasteiger partial charge on any atom is 0.305 e. The molecule has 0 aromatic heterocycles. The molecule has 0 saturated heterocycles. The minimum atomic E-state index is -1.18. The van der Waals surface area contributed by atoms with E-state index in [1.54, 1.807) is 24.3 Å². The average molecular weight is 361 g/mol. The van der Waals surface area contributed by atoms with E-state index in [2.05, 4.69) is 22.3 Å². The standard InChI is InChI=1S/C18H23N3O5/c1-19-9-3-2-4-16(23)21-15(10-17(24)25)18(26)20-11-13-5-7-14(12-22)8-6-13/h5-8,12,15H,1-4,9-11H2,(H,20,26)(H,21,23)(H,24,25). The third kappa shape index (κ3) is 8.18. The van der Waals surface area contributed by atoms with Crippen molar-refractivity contribution >= 4 is 30.8 Å². The number of unbranched alkanes of at least 4 members (excludes halogenated alkanes) is 1. The number of carboxylic acid groups (broad SMARTS) is 1. The van der Waals surface area contributed by atoms with Crippen LogP contribution in [-0.2, 0) is 20.9 Å². The summed E-state index contributed by atoms with van der Waals surface area (Å²) in [6.45, 7) is 4.06. The van der Waals surface area contributed by atoms with Gasteiger partial charge in [0.2, 0.25) is 11.8 Å². The van der Waals surface area contributed by atoms with Crippen LogP contribution >= 0.6 is 0 Å². The summed E-state index contributed by atoms with van der Waals surface area (Å²) in [5, 5.41) is 14.0. The highest BCUT2D eigenvalue weighted by Gasteiger charge is 2.23. The zero-order valence-corrected chi connectivity index (χ0v) is 14.4. The lowest BCUT2D eigenvalue weighted by atomic mass is 10.1. The number of aliphatic imine (C=N–C) groups is 1. The first-order chi connectivity index (χ1) is 12.5. The SMILES string of the molecule is C=NCCCCC(=O)NC(CC(=O)O)C(=O)NCc1ccc(C=O)cc1. The van der Waals surface area contributed by atoms with Crippen LogP contribution in [0.3, 0.4) is 0 Å². The van der Waals surface area contributed by atoms with Crippen molar-refractivity contribution in [1.82, 2.24) is 10.6 Å². The number of amides is 2. The van der Waals surface area contributed by atoms with E-state index in [1.807, 2.05) is 0 Å². The van der Waals surface area contributed by atoms with Crippen molar-refractivity contribution < 1.29 is 24.3 Å². The van der Waals surface area contributed by atoms with Crippen molar-refractivity contribution in [2.45, 2.75) is 38.3 Å². The monoisotopic (exact) mass is 361 g/mol. The number of carbonyl (C=O) groups is 4. The van der Waals surface area contributed by atoms with Crippen LogP contribution in [0.15, 0.2) is 29.3 Å².